The van der Waals surface area contributed by atoms with Gasteiger partial charge >= 0.3 is 12.4 Å². The van der Waals surface area contributed by atoms with E-state index in [-0.39, 0.29) is 11.3 Å². The second kappa shape index (κ2) is 5.47. The zero-order chi connectivity index (χ0) is 15.7. The summed E-state index contributed by atoms with van der Waals surface area (Å²) >= 11 is 4.60. The Labute approximate surface area is 116 Å². The highest BCUT2D eigenvalue weighted by molar-refractivity contribution is 7.80. The maximum atomic E-state index is 12.6. The van der Waals surface area contributed by atoms with Gasteiger partial charge in [0, 0.05) is 18.3 Å². The monoisotopic (exact) mass is 316 g/mol. The molecule has 20 heavy (non-hydrogen) atoms. The van der Waals surface area contributed by atoms with Crippen molar-refractivity contribution < 1.29 is 26.3 Å². The summed E-state index contributed by atoms with van der Waals surface area (Å²) in [6.07, 6.45) is -9.12. The normalized spacial score (nSPS) is 12.3. The molecule has 0 bridgehead atoms. The number of nitrogens with two attached hydrogens (primary N) is 1. The molecule has 0 spiro atoms. The minimum Gasteiger partial charge on any atom is -0.389 e. The van der Waals surface area contributed by atoms with E-state index in [4.69, 9.17) is 5.73 Å². The lowest BCUT2D eigenvalue weighted by molar-refractivity contribution is -0.137. The van der Waals surface area contributed by atoms with Crippen LogP contribution in [0.15, 0.2) is 18.2 Å². The molecule has 1 rings (SSSR count). The Morgan fingerprint density at radius 2 is 1.75 bits per heavy atom. The molecule has 0 aliphatic carbocycles. The third-order valence-electron chi connectivity index (χ3n) is 2.42. The fourth-order valence-corrected chi connectivity index (χ4v) is 1.76. The van der Waals surface area contributed by atoms with Crippen molar-refractivity contribution in [2.45, 2.75) is 12.4 Å². The predicted octanol–water partition coefficient (Wildman–Crippen LogP) is 3.34. The highest BCUT2D eigenvalue weighted by Gasteiger charge is 2.33. The Morgan fingerprint density at radius 1 is 1.20 bits per heavy atom. The molecule has 2 N–H and O–H groups in total. The molecule has 0 unspecified atom stereocenters. The van der Waals surface area contributed by atoms with E-state index in [9.17, 15) is 26.3 Å². The molecule has 1 aromatic carbocycles. The van der Waals surface area contributed by atoms with Crippen molar-refractivity contribution in [1.82, 2.24) is 0 Å². The summed E-state index contributed by atoms with van der Waals surface area (Å²) in [5.41, 5.74) is 3.90. The molecule has 0 aliphatic heterocycles. The first-order valence-corrected chi connectivity index (χ1v) is 5.61. The molecule has 0 saturated heterocycles. The van der Waals surface area contributed by atoms with Crippen molar-refractivity contribution in [2.24, 2.45) is 5.73 Å². The average Bonchev–Trinajstić information content (AvgIpc) is 2.24. The smallest absolute Gasteiger partial charge is 0.389 e. The van der Waals surface area contributed by atoms with Crippen LogP contribution in [0.4, 0.5) is 32.0 Å². The number of alkyl halides is 6. The van der Waals surface area contributed by atoms with Gasteiger partial charge in [0.15, 0.2) is 0 Å². The van der Waals surface area contributed by atoms with Crippen molar-refractivity contribution >= 4 is 22.9 Å². The molecule has 0 heterocycles. The first-order valence-electron chi connectivity index (χ1n) is 5.21. The van der Waals surface area contributed by atoms with Crippen LogP contribution in [0.1, 0.15) is 11.1 Å². The van der Waals surface area contributed by atoms with E-state index >= 15 is 0 Å². The zero-order valence-corrected chi connectivity index (χ0v) is 11.0. The lowest BCUT2D eigenvalue weighted by Gasteiger charge is -2.24. The number of anilines is 1. The summed E-state index contributed by atoms with van der Waals surface area (Å²) in [4.78, 5) is 0.342. The van der Waals surface area contributed by atoms with Gasteiger partial charge in [0.05, 0.1) is 5.56 Å². The lowest BCUT2D eigenvalue weighted by atomic mass is 10.1. The van der Waals surface area contributed by atoms with E-state index < -0.39 is 29.4 Å². The number of hydrogen-bond donors (Lipinski definition) is 1. The maximum absolute atomic E-state index is 12.6. The quantitative estimate of drug-likeness (QED) is 0.685. The molecule has 0 aromatic heterocycles. The van der Waals surface area contributed by atoms with Crippen LogP contribution < -0.4 is 10.6 Å². The molecular formula is C11H10F6N2S. The summed E-state index contributed by atoms with van der Waals surface area (Å²) in [6.45, 7) is -1.33. The maximum Gasteiger partial charge on any atom is 0.416 e. The SMILES string of the molecule is CN(CC(F)(F)F)c1ccc(C(F)(F)F)cc1C(N)=S. The van der Waals surface area contributed by atoms with Crippen LogP contribution in [0.5, 0.6) is 0 Å². The minimum absolute atomic E-state index is 0.108. The summed E-state index contributed by atoms with van der Waals surface area (Å²) in [5, 5.41) is 0. The van der Waals surface area contributed by atoms with Crippen molar-refractivity contribution in [3.8, 4) is 0 Å². The van der Waals surface area contributed by atoms with Gasteiger partial charge in [-0.15, -0.1) is 0 Å². The molecule has 2 nitrogen and oxygen atoms in total. The molecule has 0 atom stereocenters. The molecule has 112 valence electrons. The van der Waals surface area contributed by atoms with Gasteiger partial charge in [0.2, 0.25) is 0 Å². The van der Waals surface area contributed by atoms with Gasteiger partial charge in [0.1, 0.15) is 11.5 Å². The largest absolute Gasteiger partial charge is 0.416 e. The zero-order valence-electron chi connectivity index (χ0n) is 10.1. The van der Waals surface area contributed by atoms with E-state index in [0.717, 1.165) is 18.0 Å². The Hall–Kier alpha value is -1.51. The van der Waals surface area contributed by atoms with Crippen LogP contribution in [0, 0.1) is 0 Å². The van der Waals surface area contributed by atoms with Crippen molar-refractivity contribution in [1.29, 1.82) is 0 Å². The van der Waals surface area contributed by atoms with Crippen LogP contribution in [-0.2, 0) is 6.18 Å². The first kappa shape index (κ1) is 16.5. The molecule has 0 saturated carbocycles. The molecule has 1 aromatic rings. The van der Waals surface area contributed by atoms with Crippen LogP contribution in [0.25, 0.3) is 0 Å². The Kier molecular flexibility index (Phi) is 4.52. The minimum atomic E-state index is -4.62. The van der Waals surface area contributed by atoms with Gasteiger partial charge in [-0.3, -0.25) is 0 Å². The second-order valence-corrected chi connectivity index (χ2v) is 4.51. The highest BCUT2D eigenvalue weighted by atomic mass is 32.1. The lowest BCUT2D eigenvalue weighted by Crippen LogP contribution is -2.32. The number of hydrogen-bond acceptors (Lipinski definition) is 2. The Balaban J connectivity index is 3.24. The van der Waals surface area contributed by atoms with Crippen molar-refractivity contribution in [2.75, 3.05) is 18.5 Å². The first-order chi connectivity index (χ1) is 8.92. The fourth-order valence-electron chi connectivity index (χ4n) is 1.60. The second-order valence-electron chi connectivity index (χ2n) is 4.07. The van der Waals surface area contributed by atoms with Crippen LogP contribution in [-0.4, -0.2) is 24.8 Å². The standard InChI is InChI=1S/C11H10F6N2S/c1-19(5-10(12,13)14)8-3-2-6(11(15,16)17)4-7(8)9(18)20/h2-4H,5H2,1H3,(H2,18,20). The Bertz CT molecular complexity index is 509. The van der Waals surface area contributed by atoms with Crippen molar-refractivity contribution in [3.05, 3.63) is 29.3 Å². The fraction of sp³-hybridized carbons (Fsp3) is 0.364. The van der Waals surface area contributed by atoms with E-state index in [1.54, 1.807) is 0 Å². The third-order valence-corrected chi connectivity index (χ3v) is 2.64. The van der Waals surface area contributed by atoms with Gasteiger partial charge in [-0.2, -0.15) is 26.3 Å². The molecule has 0 amide bonds. The molecule has 9 heteroatoms. The predicted molar refractivity (Wildman–Crippen MR) is 66.7 cm³/mol. The van der Waals surface area contributed by atoms with Crippen LogP contribution in [0.3, 0.4) is 0 Å². The molecule has 0 fully saturated rings. The number of benzene rings is 1. The summed E-state index contributed by atoms with van der Waals surface area (Å²) in [5.74, 6) is 0. The summed E-state index contributed by atoms with van der Waals surface area (Å²) < 4.78 is 74.6. The van der Waals surface area contributed by atoms with Crippen LogP contribution >= 0.6 is 12.2 Å². The number of thiocarbonyl (C=S) groups is 1. The average molecular weight is 316 g/mol. The van der Waals surface area contributed by atoms with E-state index in [1.165, 1.54) is 0 Å². The summed E-state index contributed by atoms with van der Waals surface area (Å²) in [7, 11) is 1.10. The van der Waals surface area contributed by atoms with E-state index in [0.29, 0.717) is 12.1 Å². The van der Waals surface area contributed by atoms with Gasteiger partial charge in [-0.05, 0) is 18.2 Å². The summed E-state index contributed by atoms with van der Waals surface area (Å²) in [6, 6.07) is 2.25. The van der Waals surface area contributed by atoms with Gasteiger partial charge in [-0.1, -0.05) is 12.2 Å². The Morgan fingerprint density at radius 3 is 2.15 bits per heavy atom. The van der Waals surface area contributed by atoms with Crippen LogP contribution in [0.2, 0.25) is 0 Å². The number of halogens is 6. The van der Waals surface area contributed by atoms with Gasteiger partial charge < -0.3 is 10.6 Å². The molecular weight excluding hydrogens is 306 g/mol. The van der Waals surface area contributed by atoms with Gasteiger partial charge in [-0.25, -0.2) is 0 Å². The van der Waals surface area contributed by atoms with E-state index in [1.807, 2.05) is 0 Å². The topological polar surface area (TPSA) is 29.3 Å². The third kappa shape index (κ3) is 4.26. The number of rotatable bonds is 3. The molecule has 0 aliphatic rings. The molecule has 0 radical (unpaired) electrons. The highest BCUT2D eigenvalue weighted by Crippen LogP contribution is 2.33. The number of nitrogens with zero attached hydrogens (tertiary/aromatic N) is 1. The van der Waals surface area contributed by atoms with E-state index in [2.05, 4.69) is 12.2 Å². The van der Waals surface area contributed by atoms with Crippen molar-refractivity contribution in [3.63, 3.8) is 0 Å². The van der Waals surface area contributed by atoms with Gasteiger partial charge in [0.25, 0.3) is 0 Å².